The second kappa shape index (κ2) is 9.19. The number of fused-ring (bicyclic) bond motifs is 9. The van der Waals surface area contributed by atoms with Crippen LogP contribution >= 0.6 is 0 Å². The highest BCUT2D eigenvalue weighted by atomic mass is 16.3. The smallest absolute Gasteiger partial charge is 0.143 e. The summed E-state index contributed by atoms with van der Waals surface area (Å²) in [4.78, 5) is 0. The van der Waals surface area contributed by atoms with Crippen LogP contribution in [0, 0.1) is 0 Å². The third kappa shape index (κ3) is 3.40. The van der Waals surface area contributed by atoms with Crippen molar-refractivity contribution in [1.29, 1.82) is 0 Å². The zero-order valence-corrected chi connectivity index (χ0v) is 25.8. The first kappa shape index (κ1) is 25.6. The highest BCUT2D eigenvalue weighted by molar-refractivity contribution is 6.24. The topological polar surface area (TPSA) is 13.1 Å². The molecule has 0 spiro atoms. The van der Waals surface area contributed by atoms with Crippen molar-refractivity contribution in [2.24, 2.45) is 0 Å². The van der Waals surface area contributed by atoms with E-state index in [9.17, 15) is 0 Å². The maximum Gasteiger partial charge on any atom is 0.143 e. The van der Waals surface area contributed by atoms with E-state index >= 15 is 0 Å². The van der Waals surface area contributed by atoms with Gasteiger partial charge in [0.05, 0.1) is 0 Å². The molecule has 1 heteroatoms. The molecule has 1 aliphatic carbocycles. The normalized spacial score (nSPS) is 13.6. The first-order chi connectivity index (χ1) is 22.6. The van der Waals surface area contributed by atoms with E-state index in [-0.39, 0.29) is 5.41 Å². The van der Waals surface area contributed by atoms with Crippen molar-refractivity contribution in [3.05, 3.63) is 157 Å². The van der Waals surface area contributed by atoms with Gasteiger partial charge in [0.1, 0.15) is 11.2 Å². The third-order valence-corrected chi connectivity index (χ3v) is 10.4. The quantitative estimate of drug-likeness (QED) is 0.184. The molecule has 1 aliphatic rings. The van der Waals surface area contributed by atoms with E-state index in [1.54, 1.807) is 0 Å². The summed E-state index contributed by atoms with van der Waals surface area (Å²) >= 11 is 0. The molecule has 0 unspecified atom stereocenters. The Morgan fingerprint density at radius 1 is 0.413 bits per heavy atom. The van der Waals surface area contributed by atoms with E-state index in [0.717, 1.165) is 27.5 Å². The molecule has 10 rings (SSSR count). The predicted octanol–water partition coefficient (Wildman–Crippen LogP) is 12.7. The first-order valence-corrected chi connectivity index (χ1v) is 16.1. The standard InChI is InChI=1S/C45H30O/c1-45(2)39-23-22-29(25-37(39)38-24-27-12-3-4-13-28(27)26-40(38)45)42-31-15-5-7-17-33(31)43(34-18-8-6-16-32(34)42)36-20-11-19-35-30-14-9-10-21-41(30)46-44(35)36/h3-26H,1-2H3. The Bertz CT molecular complexity index is 2660. The summed E-state index contributed by atoms with van der Waals surface area (Å²) in [7, 11) is 0. The minimum absolute atomic E-state index is 0.0630. The lowest BCUT2D eigenvalue weighted by molar-refractivity contribution is 0.661. The van der Waals surface area contributed by atoms with E-state index < -0.39 is 0 Å². The fraction of sp³-hybridized carbons (Fsp3) is 0.0667. The predicted molar refractivity (Wildman–Crippen MR) is 195 cm³/mol. The van der Waals surface area contributed by atoms with Gasteiger partial charge < -0.3 is 4.42 Å². The zero-order chi connectivity index (χ0) is 30.6. The molecule has 0 amide bonds. The van der Waals surface area contributed by atoms with E-state index in [1.807, 2.05) is 6.07 Å². The van der Waals surface area contributed by atoms with Crippen LogP contribution in [0.2, 0.25) is 0 Å². The summed E-state index contributed by atoms with van der Waals surface area (Å²) in [5, 5.41) is 9.86. The Morgan fingerprint density at radius 2 is 0.978 bits per heavy atom. The van der Waals surface area contributed by atoms with Crippen LogP contribution < -0.4 is 0 Å². The Morgan fingerprint density at radius 3 is 1.70 bits per heavy atom. The van der Waals surface area contributed by atoms with Crippen LogP contribution in [0.5, 0.6) is 0 Å². The second-order valence-electron chi connectivity index (χ2n) is 13.3. The van der Waals surface area contributed by atoms with Gasteiger partial charge in [-0.2, -0.15) is 0 Å². The molecule has 0 N–H and O–H groups in total. The van der Waals surface area contributed by atoms with Crippen LogP contribution in [0.3, 0.4) is 0 Å². The number of benzene rings is 8. The van der Waals surface area contributed by atoms with Gasteiger partial charge in [-0.3, -0.25) is 0 Å². The Kier molecular flexibility index (Phi) is 5.12. The van der Waals surface area contributed by atoms with Crippen molar-refractivity contribution < 1.29 is 4.42 Å². The molecule has 1 nitrogen and oxygen atoms in total. The average molecular weight is 587 g/mol. The van der Waals surface area contributed by atoms with Crippen LogP contribution in [0.25, 0.3) is 87.6 Å². The van der Waals surface area contributed by atoms with Crippen LogP contribution in [0.15, 0.2) is 150 Å². The lowest BCUT2D eigenvalue weighted by Gasteiger charge is -2.22. The summed E-state index contributed by atoms with van der Waals surface area (Å²) in [6.45, 7) is 4.73. The Balaban J connectivity index is 1.28. The van der Waals surface area contributed by atoms with Crippen LogP contribution in [0.4, 0.5) is 0 Å². The molecule has 8 aromatic carbocycles. The molecular formula is C45H30O. The van der Waals surface area contributed by atoms with Gasteiger partial charge in [0, 0.05) is 27.3 Å². The summed E-state index contributed by atoms with van der Waals surface area (Å²) < 4.78 is 6.58. The molecule has 0 fully saturated rings. The fourth-order valence-electron chi connectivity index (χ4n) is 8.27. The van der Waals surface area contributed by atoms with Gasteiger partial charge in [0.25, 0.3) is 0 Å². The molecule has 0 bridgehead atoms. The van der Waals surface area contributed by atoms with Gasteiger partial charge in [-0.25, -0.2) is 0 Å². The Labute approximate surface area is 267 Å². The zero-order valence-electron chi connectivity index (χ0n) is 25.8. The number of hydrogen-bond donors (Lipinski definition) is 0. The molecule has 0 saturated heterocycles. The second-order valence-corrected chi connectivity index (χ2v) is 13.3. The number of para-hydroxylation sites is 2. The minimum Gasteiger partial charge on any atom is -0.455 e. The molecular weight excluding hydrogens is 556 g/mol. The number of furan rings is 1. The van der Waals surface area contributed by atoms with Gasteiger partial charge in [-0.1, -0.05) is 135 Å². The molecule has 9 aromatic rings. The number of rotatable bonds is 2. The fourth-order valence-corrected chi connectivity index (χ4v) is 8.27. The van der Waals surface area contributed by atoms with Gasteiger partial charge in [-0.15, -0.1) is 0 Å². The van der Waals surface area contributed by atoms with E-state index in [0.29, 0.717) is 0 Å². The van der Waals surface area contributed by atoms with E-state index in [2.05, 4.69) is 153 Å². The van der Waals surface area contributed by atoms with Crippen molar-refractivity contribution in [2.45, 2.75) is 19.3 Å². The van der Waals surface area contributed by atoms with Crippen molar-refractivity contribution in [1.82, 2.24) is 0 Å². The molecule has 1 aromatic heterocycles. The molecule has 0 radical (unpaired) electrons. The lowest BCUT2D eigenvalue weighted by Crippen LogP contribution is -2.14. The van der Waals surface area contributed by atoms with Crippen molar-refractivity contribution in [3.8, 4) is 33.4 Å². The lowest BCUT2D eigenvalue weighted by atomic mass is 9.81. The van der Waals surface area contributed by atoms with Crippen molar-refractivity contribution >= 4 is 54.3 Å². The molecule has 0 aliphatic heterocycles. The van der Waals surface area contributed by atoms with Crippen molar-refractivity contribution in [2.75, 3.05) is 0 Å². The minimum atomic E-state index is -0.0630. The van der Waals surface area contributed by atoms with E-state index in [4.69, 9.17) is 4.42 Å². The van der Waals surface area contributed by atoms with Gasteiger partial charge in [0.2, 0.25) is 0 Å². The Hall–Kier alpha value is -5.66. The summed E-state index contributed by atoms with van der Waals surface area (Å²) in [6.07, 6.45) is 0. The monoisotopic (exact) mass is 586 g/mol. The molecule has 46 heavy (non-hydrogen) atoms. The number of hydrogen-bond acceptors (Lipinski definition) is 1. The SMILES string of the molecule is CC1(C)c2ccc(-c3c4ccccc4c(-c4cccc5c4oc4ccccc45)c4ccccc34)cc2-c2cc3ccccc3cc21. The summed E-state index contributed by atoms with van der Waals surface area (Å²) in [6, 6.07) is 53.4. The van der Waals surface area contributed by atoms with Crippen molar-refractivity contribution in [3.63, 3.8) is 0 Å². The maximum absolute atomic E-state index is 6.58. The van der Waals surface area contributed by atoms with Gasteiger partial charge in [-0.05, 0) is 90.0 Å². The molecule has 216 valence electrons. The van der Waals surface area contributed by atoms with Gasteiger partial charge >= 0.3 is 0 Å². The molecule has 1 heterocycles. The first-order valence-electron chi connectivity index (χ1n) is 16.1. The highest BCUT2D eigenvalue weighted by Crippen LogP contribution is 2.52. The largest absolute Gasteiger partial charge is 0.455 e. The summed E-state index contributed by atoms with van der Waals surface area (Å²) in [5.74, 6) is 0. The average Bonchev–Trinajstić information content (AvgIpc) is 3.58. The van der Waals surface area contributed by atoms with Crippen LogP contribution in [-0.4, -0.2) is 0 Å². The van der Waals surface area contributed by atoms with Crippen LogP contribution in [0.1, 0.15) is 25.0 Å². The highest BCUT2D eigenvalue weighted by Gasteiger charge is 2.36. The molecule has 0 atom stereocenters. The van der Waals surface area contributed by atoms with Crippen LogP contribution in [-0.2, 0) is 5.41 Å². The maximum atomic E-state index is 6.58. The third-order valence-electron chi connectivity index (χ3n) is 10.4. The van der Waals surface area contributed by atoms with Gasteiger partial charge in [0.15, 0.2) is 0 Å². The summed E-state index contributed by atoms with van der Waals surface area (Å²) in [5.41, 5.74) is 12.2. The molecule has 0 saturated carbocycles. The van der Waals surface area contributed by atoms with E-state index in [1.165, 1.54) is 71.3 Å².